The predicted octanol–water partition coefficient (Wildman–Crippen LogP) is 4.61. The lowest BCUT2D eigenvalue weighted by Gasteiger charge is -2.12. The molecule has 1 atom stereocenters. The molecule has 0 saturated carbocycles. The second-order valence-corrected chi connectivity index (χ2v) is 7.70. The number of benzene rings is 2. The Kier molecular flexibility index (Phi) is 6.77. The summed E-state index contributed by atoms with van der Waals surface area (Å²) in [4.78, 5) is 29.3. The molecule has 0 aliphatic carbocycles. The second-order valence-electron chi connectivity index (χ2n) is 7.70. The highest BCUT2D eigenvalue weighted by Crippen LogP contribution is 2.20. The van der Waals surface area contributed by atoms with Crippen LogP contribution in [0.4, 0.5) is 16.2 Å². The molecule has 2 heterocycles. The third-order valence-corrected chi connectivity index (χ3v) is 5.31. The molecule has 3 aromatic rings. The number of hydrogen-bond acceptors (Lipinski definition) is 4. The maximum Gasteiger partial charge on any atom is 0.319 e. The molecule has 1 aromatic heterocycles. The highest BCUT2D eigenvalue weighted by atomic mass is 16.5. The Morgan fingerprint density at radius 1 is 0.969 bits per heavy atom. The van der Waals surface area contributed by atoms with Crippen LogP contribution in [0.1, 0.15) is 28.9 Å². The first-order valence-corrected chi connectivity index (χ1v) is 10.7. The minimum absolute atomic E-state index is 0.0954. The minimum atomic E-state index is -0.280. The summed E-state index contributed by atoms with van der Waals surface area (Å²) < 4.78 is 5.49. The van der Waals surface area contributed by atoms with Crippen molar-refractivity contribution in [3.05, 3.63) is 78.0 Å². The van der Waals surface area contributed by atoms with Gasteiger partial charge in [0.1, 0.15) is 0 Å². The number of ether oxygens (including phenoxy) is 1. The summed E-state index contributed by atoms with van der Waals surface area (Å²) in [5.74, 6) is -0.232. The fraction of sp³-hybridized carbons (Fsp3) is 0.240. The van der Waals surface area contributed by atoms with E-state index in [9.17, 15) is 9.59 Å². The Balaban J connectivity index is 1.33. The number of aromatic nitrogens is 1. The fourth-order valence-electron chi connectivity index (χ4n) is 3.59. The number of pyridine rings is 1. The van der Waals surface area contributed by atoms with Gasteiger partial charge in [0, 0.05) is 30.1 Å². The van der Waals surface area contributed by atoms with Crippen molar-refractivity contribution in [1.29, 1.82) is 0 Å². The molecule has 1 unspecified atom stereocenters. The van der Waals surface area contributed by atoms with Crippen LogP contribution in [0.5, 0.6) is 0 Å². The first-order valence-electron chi connectivity index (χ1n) is 10.7. The monoisotopic (exact) mass is 430 g/mol. The van der Waals surface area contributed by atoms with Gasteiger partial charge in [-0.25, -0.2) is 4.79 Å². The van der Waals surface area contributed by atoms with Crippen molar-refractivity contribution < 1.29 is 14.3 Å². The zero-order chi connectivity index (χ0) is 22.3. The van der Waals surface area contributed by atoms with Crippen molar-refractivity contribution in [3.8, 4) is 11.3 Å². The SMILES string of the molecule is Cc1nc(-c2ccccc2)ccc1C(=O)Nc1ccc(NC(=O)NCC2CCCO2)cc1. The quantitative estimate of drug-likeness (QED) is 0.532. The van der Waals surface area contributed by atoms with Crippen molar-refractivity contribution in [1.82, 2.24) is 10.3 Å². The van der Waals surface area contributed by atoms with Crippen LogP contribution in [0.3, 0.4) is 0 Å². The van der Waals surface area contributed by atoms with Crippen molar-refractivity contribution in [2.45, 2.75) is 25.9 Å². The number of carbonyl (C=O) groups is 2. The highest BCUT2D eigenvalue weighted by Gasteiger charge is 2.16. The molecule has 0 bridgehead atoms. The van der Waals surface area contributed by atoms with Crippen LogP contribution in [0.25, 0.3) is 11.3 Å². The highest BCUT2D eigenvalue weighted by molar-refractivity contribution is 6.05. The fourth-order valence-corrected chi connectivity index (χ4v) is 3.59. The third-order valence-electron chi connectivity index (χ3n) is 5.31. The van der Waals surface area contributed by atoms with Crippen LogP contribution in [0.15, 0.2) is 66.7 Å². The maximum absolute atomic E-state index is 12.7. The van der Waals surface area contributed by atoms with E-state index in [1.165, 1.54) is 0 Å². The molecule has 4 rings (SSSR count). The Morgan fingerprint density at radius 2 is 1.69 bits per heavy atom. The average Bonchev–Trinajstić information content (AvgIpc) is 3.33. The van der Waals surface area contributed by atoms with Gasteiger partial charge in [0.2, 0.25) is 0 Å². The van der Waals surface area contributed by atoms with Crippen LogP contribution in [-0.2, 0) is 4.74 Å². The summed E-state index contributed by atoms with van der Waals surface area (Å²) in [6.45, 7) is 3.08. The lowest BCUT2D eigenvalue weighted by Crippen LogP contribution is -2.35. The number of anilines is 2. The molecule has 7 nitrogen and oxygen atoms in total. The van der Waals surface area contributed by atoms with E-state index in [0.717, 1.165) is 30.7 Å². The van der Waals surface area contributed by atoms with Gasteiger partial charge >= 0.3 is 6.03 Å². The summed E-state index contributed by atoms with van der Waals surface area (Å²) in [7, 11) is 0. The van der Waals surface area contributed by atoms with E-state index in [0.29, 0.717) is 29.2 Å². The maximum atomic E-state index is 12.7. The van der Waals surface area contributed by atoms with Crippen LogP contribution in [0, 0.1) is 6.92 Å². The summed E-state index contributed by atoms with van der Waals surface area (Å²) >= 11 is 0. The number of aryl methyl sites for hydroxylation is 1. The van der Waals surface area contributed by atoms with Crippen molar-refractivity contribution >= 4 is 23.3 Å². The molecule has 3 N–H and O–H groups in total. The average molecular weight is 431 g/mol. The summed E-state index contributed by atoms with van der Waals surface area (Å²) in [5.41, 5.74) is 4.27. The van der Waals surface area contributed by atoms with Gasteiger partial charge in [0.05, 0.1) is 23.1 Å². The number of urea groups is 1. The molecule has 3 amide bonds. The molecule has 1 aliphatic heterocycles. The van der Waals surface area contributed by atoms with Crippen LogP contribution in [-0.4, -0.2) is 36.2 Å². The molecule has 1 saturated heterocycles. The zero-order valence-corrected chi connectivity index (χ0v) is 17.9. The lowest BCUT2D eigenvalue weighted by molar-refractivity contribution is 0.102. The number of nitrogens with zero attached hydrogens (tertiary/aromatic N) is 1. The van der Waals surface area contributed by atoms with Crippen LogP contribution < -0.4 is 16.0 Å². The number of nitrogens with one attached hydrogen (secondary N) is 3. The molecule has 7 heteroatoms. The van der Waals surface area contributed by atoms with Crippen molar-refractivity contribution in [3.63, 3.8) is 0 Å². The molecular weight excluding hydrogens is 404 g/mol. The smallest absolute Gasteiger partial charge is 0.319 e. The van der Waals surface area contributed by atoms with Gasteiger partial charge in [-0.1, -0.05) is 30.3 Å². The molecular formula is C25H26N4O3. The number of rotatable bonds is 6. The predicted molar refractivity (Wildman–Crippen MR) is 125 cm³/mol. The molecule has 2 aromatic carbocycles. The van der Waals surface area contributed by atoms with E-state index in [-0.39, 0.29) is 18.0 Å². The Hall–Kier alpha value is -3.71. The van der Waals surface area contributed by atoms with E-state index in [1.54, 1.807) is 30.3 Å². The molecule has 0 radical (unpaired) electrons. The molecule has 0 spiro atoms. The largest absolute Gasteiger partial charge is 0.376 e. The molecule has 164 valence electrons. The van der Waals surface area contributed by atoms with Gasteiger partial charge in [0.15, 0.2) is 0 Å². The second kappa shape index (κ2) is 10.1. The van der Waals surface area contributed by atoms with Crippen molar-refractivity contribution in [2.24, 2.45) is 0 Å². The Morgan fingerprint density at radius 3 is 2.34 bits per heavy atom. The summed E-state index contributed by atoms with van der Waals surface area (Å²) in [5, 5.41) is 8.47. The Labute approximate surface area is 187 Å². The van der Waals surface area contributed by atoms with E-state index in [4.69, 9.17) is 4.74 Å². The molecule has 32 heavy (non-hydrogen) atoms. The lowest BCUT2D eigenvalue weighted by atomic mass is 10.1. The van der Waals surface area contributed by atoms with Crippen LogP contribution >= 0.6 is 0 Å². The first kappa shape index (κ1) is 21.5. The topological polar surface area (TPSA) is 92.4 Å². The molecule has 1 aliphatic rings. The standard InChI is InChI=1S/C25H26N4O3/c1-17-22(13-14-23(27-17)18-6-3-2-4-7-18)24(30)28-19-9-11-20(12-10-19)29-25(31)26-16-21-8-5-15-32-21/h2-4,6-7,9-14,21H,5,8,15-16H2,1H3,(H,28,30)(H2,26,29,31). The van der Waals surface area contributed by atoms with Gasteiger partial charge in [-0.3, -0.25) is 9.78 Å². The van der Waals surface area contributed by atoms with Crippen LogP contribution in [0.2, 0.25) is 0 Å². The van der Waals surface area contributed by atoms with E-state index >= 15 is 0 Å². The van der Waals surface area contributed by atoms with E-state index in [2.05, 4.69) is 20.9 Å². The van der Waals surface area contributed by atoms with Crippen molar-refractivity contribution in [2.75, 3.05) is 23.8 Å². The summed E-state index contributed by atoms with van der Waals surface area (Å²) in [6, 6.07) is 20.2. The zero-order valence-electron chi connectivity index (χ0n) is 17.9. The number of carbonyl (C=O) groups excluding carboxylic acids is 2. The van der Waals surface area contributed by atoms with Gasteiger partial charge < -0.3 is 20.7 Å². The normalized spacial score (nSPS) is 15.2. The minimum Gasteiger partial charge on any atom is -0.376 e. The summed E-state index contributed by atoms with van der Waals surface area (Å²) in [6.07, 6.45) is 2.10. The molecule has 1 fully saturated rings. The first-order chi connectivity index (χ1) is 15.6. The number of amides is 3. The van der Waals surface area contributed by atoms with Gasteiger partial charge in [-0.15, -0.1) is 0 Å². The van der Waals surface area contributed by atoms with E-state index < -0.39 is 0 Å². The third kappa shape index (κ3) is 5.50. The van der Waals surface area contributed by atoms with Gasteiger partial charge in [0.25, 0.3) is 5.91 Å². The number of hydrogen-bond donors (Lipinski definition) is 3. The Bertz CT molecular complexity index is 1080. The van der Waals surface area contributed by atoms with E-state index in [1.807, 2.05) is 43.3 Å². The van der Waals surface area contributed by atoms with Gasteiger partial charge in [-0.05, 0) is 56.2 Å². The van der Waals surface area contributed by atoms with Gasteiger partial charge in [-0.2, -0.15) is 0 Å².